The van der Waals surface area contributed by atoms with Crippen LogP contribution < -0.4 is 5.73 Å². The number of nitrogens with zero attached hydrogens (tertiary/aromatic N) is 3. The van der Waals surface area contributed by atoms with Gasteiger partial charge in [-0.2, -0.15) is 0 Å². The number of hydrogen-bond donors (Lipinski definition) is 1. The summed E-state index contributed by atoms with van der Waals surface area (Å²) in [7, 11) is 0. The minimum absolute atomic E-state index is 0.569. The Labute approximate surface area is 198 Å². The van der Waals surface area contributed by atoms with Gasteiger partial charge in [0.1, 0.15) is 5.82 Å². The molecule has 33 heavy (non-hydrogen) atoms. The lowest BCUT2D eigenvalue weighted by Gasteiger charge is -2.42. The molecule has 0 atom stereocenters. The molecule has 2 fully saturated rings. The van der Waals surface area contributed by atoms with Gasteiger partial charge in [0.2, 0.25) is 0 Å². The van der Waals surface area contributed by atoms with Crippen LogP contribution in [0.4, 0.5) is 5.82 Å². The average molecular weight is 441 g/mol. The van der Waals surface area contributed by atoms with Gasteiger partial charge in [-0.05, 0) is 61.3 Å². The van der Waals surface area contributed by atoms with Crippen molar-refractivity contribution in [3.63, 3.8) is 0 Å². The van der Waals surface area contributed by atoms with Gasteiger partial charge in [0.15, 0.2) is 0 Å². The molecule has 0 spiro atoms. The van der Waals surface area contributed by atoms with Crippen LogP contribution in [0.15, 0.2) is 72.8 Å². The Bertz CT molecular complexity index is 1000. The lowest BCUT2D eigenvalue weighted by molar-refractivity contribution is 0.0766. The van der Waals surface area contributed by atoms with Gasteiger partial charge in [-0.3, -0.25) is 4.90 Å². The molecule has 2 heterocycles. The fourth-order valence-electron chi connectivity index (χ4n) is 5.59. The number of benzene rings is 2. The second kappa shape index (κ2) is 10.5. The SMILES string of the molecule is Nc1cccc(-c2ccc(CCN3CCN([C@H]4CC[C@@H](c5ccccc5)CC4)CC3)cc2)n1. The Balaban J connectivity index is 1.05. The van der Waals surface area contributed by atoms with E-state index in [0.717, 1.165) is 36.2 Å². The quantitative estimate of drug-likeness (QED) is 0.571. The molecule has 2 N–H and O–H groups in total. The first kappa shape index (κ1) is 22.1. The van der Waals surface area contributed by atoms with Crippen LogP contribution in [-0.2, 0) is 6.42 Å². The average Bonchev–Trinajstić information content (AvgIpc) is 2.89. The van der Waals surface area contributed by atoms with E-state index < -0.39 is 0 Å². The largest absolute Gasteiger partial charge is 0.384 e. The van der Waals surface area contributed by atoms with E-state index in [1.54, 1.807) is 0 Å². The maximum absolute atomic E-state index is 5.82. The van der Waals surface area contributed by atoms with Gasteiger partial charge < -0.3 is 10.6 Å². The zero-order chi connectivity index (χ0) is 22.5. The molecule has 1 aliphatic carbocycles. The molecule has 0 amide bonds. The normalized spacial score (nSPS) is 22.3. The molecular weight excluding hydrogens is 404 g/mol. The lowest BCUT2D eigenvalue weighted by Crippen LogP contribution is -2.51. The van der Waals surface area contributed by atoms with Crippen molar-refractivity contribution in [2.24, 2.45) is 0 Å². The summed E-state index contributed by atoms with van der Waals surface area (Å²) in [6, 6.07) is 26.5. The topological polar surface area (TPSA) is 45.4 Å². The van der Waals surface area contributed by atoms with E-state index in [9.17, 15) is 0 Å². The molecule has 1 saturated carbocycles. The Morgan fingerprint density at radius 1 is 0.758 bits per heavy atom. The molecule has 2 aliphatic rings. The number of pyridine rings is 1. The van der Waals surface area contributed by atoms with E-state index in [4.69, 9.17) is 5.73 Å². The van der Waals surface area contributed by atoms with Crippen LogP contribution in [0.3, 0.4) is 0 Å². The van der Waals surface area contributed by atoms with E-state index in [2.05, 4.69) is 69.4 Å². The zero-order valence-corrected chi connectivity index (χ0v) is 19.6. The van der Waals surface area contributed by atoms with E-state index in [1.807, 2.05) is 18.2 Å². The van der Waals surface area contributed by atoms with Crippen molar-refractivity contribution in [1.29, 1.82) is 0 Å². The maximum atomic E-state index is 5.82. The summed E-state index contributed by atoms with van der Waals surface area (Å²) in [4.78, 5) is 9.83. The summed E-state index contributed by atoms with van der Waals surface area (Å²) in [6.07, 6.45) is 6.50. The molecule has 4 heteroatoms. The standard InChI is InChI=1S/C29H36N4/c30-29-8-4-7-28(31-29)26-11-9-23(10-12-26)17-18-32-19-21-33(22-20-32)27-15-13-25(14-16-27)24-5-2-1-3-6-24/h1-12,25,27H,13-22H2,(H2,30,31)/t25-,27+. The van der Waals surface area contributed by atoms with Crippen molar-refractivity contribution in [3.8, 4) is 11.3 Å². The van der Waals surface area contributed by atoms with Crippen LogP contribution in [0.25, 0.3) is 11.3 Å². The maximum Gasteiger partial charge on any atom is 0.124 e. The number of hydrogen-bond acceptors (Lipinski definition) is 4. The number of anilines is 1. The monoisotopic (exact) mass is 440 g/mol. The molecule has 0 radical (unpaired) electrons. The van der Waals surface area contributed by atoms with E-state index in [1.165, 1.54) is 63.0 Å². The number of piperazine rings is 1. The van der Waals surface area contributed by atoms with Crippen molar-refractivity contribution in [2.45, 2.75) is 44.1 Å². The third kappa shape index (κ3) is 5.63. The Hall–Kier alpha value is -2.69. The molecule has 1 saturated heterocycles. The third-order valence-corrected chi connectivity index (χ3v) is 7.63. The van der Waals surface area contributed by atoms with Crippen LogP contribution in [0, 0.1) is 0 Å². The summed E-state index contributed by atoms with van der Waals surface area (Å²) in [5.74, 6) is 1.34. The highest BCUT2D eigenvalue weighted by molar-refractivity contribution is 5.61. The van der Waals surface area contributed by atoms with Crippen LogP contribution in [0.1, 0.15) is 42.7 Å². The first-order valence-electron chi connectivity index (χ1n) is 12.6. The molecule has 4 nitrogen and oxygen atoms in total. The number of aromatic nitrogens is 1. The predicted octanol–water partition coefficient (Wildman–Crippen LogP) is 5.22. The van der Waals surface area contributed by atoms with Gasteiger partial charge in [-0.1, -0.05) is 60.7 Å². The first-order valence-corrected chi connectivity index (χ1v) is 12.6. The van der Waals surface area contributed by atoms with E-state index in [-0.39, 0.29) is 0 Å². The highest BCUT2D eigenvalue weighted by Gasteiger charge is 2.28. The van der Waals surface area contributed by atoms with Gasteiger partial charge in [0, 0.05) is 44.3 Å². The molecule has 172 valence electrons. The van der Waals surface area contributed by atoms with Gasteiger partial charge >= 0.3 is 0 Å². The van der Waals surface area contributed by atoms with Crippen molar-refractivity contribution >= 4 is 5.82 Å². The van der Waals surface area contributed by atoms with Gasteiger partial charge in [-0.15, -0.1) is 0 Å². The van der Waals surface area contributed by atoms with Crippen molar-refractivity contribution in [3.05, 3.63) is 83.9 Å². The van der Waals surface area contributed by atoms with E-state index >= 15 is 0 Å². The van der Waals surface area contributed by atoms with E-state index in [0.29, 0.717) is 5.82 Å². The minimum atomic E-state index is 0.569. The van der Waals surface area contributed by atoms with Crippen LogP contribution in [0.5, 0.6) is 0 Å². The molecule has 3 aromatic rings. The van der Waals surface area contributed by atoms with Crippen LogP contribution in [-0.4, -0.2) is 53.5 Å². The molecule has 1 aliphatic heterocycles. The lowest BCUT2D eigenvalue weighted by atomic mass is 9.81. The summed E-state index contributed by atoms with van der Waals surface area (Å²) in [6.45, 7) is 5.99. The molecule has 2 aromatic carbocycles. The summed E-state index contributed by atoms with van der Waals surface area (Å²) < 4.78 is 0. The molecule has 0 unspecified atom stereocenters. The molecule has 5 rings (SSSR count). The summed E-state index contributed by atoms with van der Waals surface area (Å²) in [5, 5.41) is 0. The van der Waals surface area contributed by atoms with Crippen molar-refractivity contribution < 1.29 is 0 Å². The second-order valence-electron chi connectivity index (χ2n) is 9.69. The molecular formula is C29H36N4. The molecule has 1 aromatic heterocycles. The second-order valence-corrected chi connectivity index (χ2v) is 9.69. The predicted molar refractivity (Wildman–Crippen MR) is 137 cm³/mol. The van der Waals surface area contributed by atoms with Gasteiger partial charge in [0.25, 0.3) is 0 Å². The Morgan fingerprint density at radius 2 is 1.48 bits per heavy atom. The van der Waals surface area contributed by atoms with Crippen molar-refractivity contribution in [1.82, 2.24) is 14.8 Å². The highest BCUT2D eigenvalue weighted by Crippen LogP contribution is 2.35. The number of nitrogens with two attached hydrogens (primary N) is 1. The Kier molecular flexibility index (Phi) is 7.03. The summed E-state index contributed by atoms with van der Waals surface area (Å²) in [5.41, 5.74) is 10.8. The Morgan fingerprint density at radius 3 is 2.18 bits per heavy atom. The van der Waals surface area contributed by atoms with Gasteiger partial charge in [-0.25, -0.2) is 4.98 Å². The minimum Gasteiger partial charge on any atom is -0.384 e. The molecule has 0 bridgehead atoms. The fraction of sp³-hybridized carbons (Fsp3) is 0.414. The van der Waals surface area contributed by atoms with Crippen LogP contribution in [0.2, 0.25) is 0 Å². The first-order chi connectivity index (χ1) is 16.2. The third-order valence-electron chi connectivity index (χ3n) is 7.63. The smallest absolute Gasteiger partial charge is 0.124 e. The summed E-state index contributed by atoms with van der Waals surface area (Å²) >= 11 is 0. The van der Waals surface area contributed by atoms with Crippen molar-refractivity contribution in [2.75, 3.05) is 38.5 Å². The number of nitrogen functional groups attached to an aromatic ring is 1. The van der Waals surface area contributed by atoms with Crippen LogP contribution >= 0.6 is 0 Å². The fourth-order valence-corrected chi connectivity index (χ4v) is 5.59. The highest BCUT2D eigenvalue weighted by atomic mass is 15.3. The number of rotatable bonds is 6. The zero-order valence-electron chi connectivity index (χ0n) is 19.6. The van der Waals surface area contributed by atoms with Gasteiger partial charge in [0.05, 0.1) is 5.69 Å².